The van der Waals surface area contributed by atoms with Gasteiger partial charge in [0.15, 0.2) is 5.76 Å². The van der Waals surface area contributed by atoms with Gasteiger partial charge in [-0.2, -0.15) is 4.31 Å². The number of phenolic OH excluding ortho intramolecular Hbond substituents is 2. The first kappa shape index (κ1) is 34.0. The van der Waals surface area contributed by atoms with Gasteiger partial charge in [0.2, 0.25) is 21.2 Å². The Bertz CT molecular complexity index is 1980. The van der Waals surface area contributed by atoms with Gasteiger partial charge in [0.1, 0.15) is 22.5 Å². The van der Waals surface area contributed by atoms with Gasteiger partial charge in [-0.1, -0.05) is 53.6 Å². The van der Waals surface area contributed by atoms with Crippen molar-refractivity contribution in [2.45, 2.75) is 52.0 Å². The van der Waals surface area contributed by atoms with E-state index in [1.807, 2.05) is 58.0 Å². The molecule has 4 aromatic rings. The van der Waals surface area contributed by atoms with Gasteiger partial charge in [-0.05, 0) is 70.4 Å². The number of phenols is 2. The van der Waals surface area contributed by atoms with Crippen LogP contribution in [-0.4, -0.2) is 61.1 Å². The van der Waals surface area contributed by atoms with Gasteiger partial charge in [0.25, 0.3) is 0 Å². The molecular weight excluding hydrogens is 616 g/mol. The van der Waals surface area contributed by atoms with E-state index >= 15 is 0 Å². The molecule has 1 aromatic heterocycles. The van der Waals surface area contributed by atoms with Gasteiger partial charge >= 0.3 is 0 Å². The van der Waals surface area contributed by atoms with Crippen LogP contribution in [0, 0.1) is 0 Å². The van der Waals surface area contributed by atoms with Gasteiger partial charge in [0, 0.05) is 49.4 Å². The van der Waals surface area contributed by atoms with Crippen molar-refractivity contribution in [1.82, 2.24) is 9.21 Å². The molecule has 0 spiro atoms. The van der Waals surface area contributed by atoms with Crippen molar-refractivity contribution in [2.75, 3.05) is 33.3 Å². The van der Waals surface area contributed by atoms with Crippen LogP contribution in [0.2, 0.25) is 0 Å². The predicted octanol–water partition coefficient (Wildman–Crippen LogP) is 6.40. The molecule has 2 heterocycles. The van der Waals surface area contributed by atoms with Gasteiger partial charge in [0.05, 0.1) is 12.0 Å². The number of piperazine rings is 1. The van der Waals surface area contributed by atoms with Crippen LogP contribution in [0.15, 0.2) is 92.0 Å². The van der Waals surface area contributed by atoms with E-state index in [4.69, 9.17) is 9.15 Å². The molecule has 0 bridgehead atoms. The lowest BCUT2D eigenvalue weighted by Gasteiger charge is -2.34. The molecule has 0 unspecified atom stereocenters. The Morgan fingerprint density at radius 1 is 0.851 bits per heavy atom. The number of nitrogens with zero attached hydrogens (tertiary/aromatic N) is 2. The molecule has 10 heteroatoms. The molecule has 0 radical (unpaired) electrons. The van der Waals surface area contributed by atoms with Crippen molar-refractivity contribution in [2.24, 2.45) is 0 Å². The van der Waals surface area contributed by atoms with E-state index in [1.54, 1.807) is 12.1 Å². The molecule has 5 rings (SSSR count). The van der Waals surface area contributed by atoms with Crippen molar-refractivity contribution in [3.63, 3.8) is 0 Å². The van der Waals surface area contributed by atoms with Crippen LogP contribution in [0.3, 0.4) is 0 Å². The number of hydrogen-bond donors (Lipinski definition) is 2. The van der Waals surface area contributed by atoms with E-state index in [0.717, 1.165) is 17.7 Å². The quantitative estimate of drug-likeness (QED) is 0.188. The summed E-state index contributed by atoms with van der Waals surface area (Å²) in [4.78, 5) is 16.2. The second kappa shape index (κ2) is 14.2. The number of methoxy groups -OCH3 is 1. The Morgan fingerprint density at radius 2 is 1.45 bits per heavy atom. The average Bonchev–Trinajstić information content (AvgIpc) is 3.05. The fourth-order valence-electron chi connectivity index (χ4n) is 5.77. The van der Waals surface area contributed by atoms with Crippen LogP contribution >= 0.6 is 0 Å². The lowest BCUT2D eigenvalue weighted by atomic mass is 9.96. The number of fused-ring (bicyclic) bond motifs is 1. The highest BCUT2D eigenvalue weighted by Gasteiger charge is 2.30. The van der Waals surface area contributed by atoms with Crippen LogP contribution < -0.4 is 10.2 Å². The fourth-order valence-corrected chi connectivity index (χ4v) is 7.19. The summed E-state index contributed by atoms with van der Waals surface area (Å²) in [6.07, 6.45) is 4.25. The van der Waals surface area contributed by atoms with Crippen LogP contribution in [-0.2, 0) is 29.4 Å². The van der Waals surface area contributed by atoms with E-state index in [0.29, 0.717) is 37.3 Å². The summed E-state index contributed by atoms with van der Waals surface area (Å²) >= 11 is 0. The third-order valence-corrected chi connectivity index (χ3v) is 10.3. The Hall–Kier alpha value is -4.38. The average molecular weight is 659 g/mol. The minimum absolute atomic E-state index is 0.0457. The zero-order valence-corrected chi connectivity index (χ0v) is 28.4. The van der Waals surface area contributed by atoms with Crippen molar-refractivity contribution in [3.05, 3.63) is 105 Å². The largest absolute Gasteiger partial charge is 0.507 e. The molecule has 1 aliphatic heterocycles. The predicted molar refractivity (Wildman–Crippen MR) is 185 cm³/mol. The first-order valence-corrected chi connectivity index (χ1v) is 17.1. The lowest BCUT2D eigenvalue weighted by molar-refractivity contribution is 0.181. The van der Waals surface area contributed by atoms with Crippen LogP contribution in [0.5, 0.6) is 17.2 Å². The summed E-state index contributed by atoms with van der Waals surface area (Å²) in [5.74, 6) is -0.572. The second-order valence-electron chi connectivity index (χ2n) is 12.3. The molecular formula is C37H42N2O7S. The Labute approximate surface area is 276 Å². The molecule has 0 aliphatic carbocycles. The Kier molecular flexibility index (Phi) is 10.2. The summed E-state index contributed by atoms with van der Waals surface area (Å²) in [7, 11) is -2.42. The topological polar surface area (TPSA) is 121 Å². The van der Waals surface area contributed by atoms with Gasteiger partial charge in [-0.15, -0.1) is 0 Å². The molecule has 3 aromatic carbocycles. The number of sulfonamides is 1. The molecule has 248 valence electrons. The number of rotatable bonds is 10. The number of hydrogen-bond acceptors (Lipinski definition) is 8. The van der Waals surface area contributed by atoms with Crippen molar-refractivity contribution < 1.29 is 27.8 Å². The Balaban J connectivity index is 1.50. The summed E-state index contributed by atoms with van der Waals surface area (Å²) < 4.78 is 40.4. The zero-order valence-electron chi connectivity index (χ0n) is 27.5. The molecule has 1 aliphatic rings. The van der Waals surface area contributed by atoms with Crippen LogP contribution in [0.1, 0.15) is 44.4 Å². The molecule has 0 saturated carbocycles. The van der Waals surface area contributed by atoms with Crippen LogP contribution in [0.4, 0.5) is 0 Å². The lowest BCUT2D eigenvalue weighted by Crippen LogP contribution is -2.48. The van der Waals surface area contributed by atoms with E-state index in [2.05, 4.69) is 17.0 Å². The highest BCUT2D eigenvalue weighted by molar-refractivity contribution is 7.89. The van der Waals surface area contributed by atoms with E-state index in [1.165, 1.54) is 29.1 Å². The van der Waals surface area contributed by atoms with Crippen LogP contribution in [0.25, 0.3) is 22.3 Å². The maximum absolute atomic E-state index is 13.9. The van der Waals surface area contributed by atoms with E-state index < -0.39 is 15.5 Å². The Morgan fingerprint density at radius 3 is 2.02 bits per heavy atom. The minimum atomic E-state index is -3.76. The first-order valence-electron chi connectivity index (χ1n) is 15.7. The summed E-state index contributed by atoms with van der Waals surface area (Å²) in [6, 6.07) is 16.2. The van der Waals surface area contributed by atoms with E-state index in [9.17, 15) is 23.4 Å². The standard InChI is InChI=1S/C37H42N2O7S/c1-24(2)11-17-29-32(40)30(18-12-25(3)4)36-31(33(29)41)34(42)37(45-5)35(46-36)27-13-15-28(16-14-27)47(43,44)39-21-19-38(20-22-39)23-26-9-7-6-8-10-26/h6-16,40-41H,17-23H2,1-5H3. The van der Waals surface area contributed by atoms with Gasteiger partial charge in [-0.25, -0.2) is 8.42 Å². The molecule has 1 saturated heterocycles. The van der Waals surface area contributed by atoms with Crippen molar-refractivity contribution >= 4 is 21.0 Å². The summed E-state index contributed by atoms with van der Waals surface area (Å²) in [6.45, 7) is 10.4. The molecule has 9 nitrogen and oxygen atoms in total. The maximum Gasteiger partial charge on any atom is 0.243 e. The molecule has 2 N–H and O–H groups in total. The number of benzene rings is 3. The monoisotopic (exact) mass is 658 g/mol. The highest BCUT2D eigenvalue weighted by Crippen LogP contribution is 2.43. The fraction of sp³-hybridized carbons (Fsp3) is 0.324. The highest BCUT2D eigenvalue weighted by atomic mass is 32.2. The normalized spacial score (nSPS) is 14.2. The second-order valence-corrected chi connectivity index (χ2v) is 14.3. The molecule has 1 fully saturated rings. The molecule has 47 heavy (non-hydrogen) atoms. The summed E-state index contributed by atoms with van der Waals surface area (Å²) in [5.41, 5.74) is 3.64. The molecule has 0 atom stereocenters. The van der Waals surface area contributed by atoms with Gasteiger partial charge < -0.3 is 19.4 Å². The zero-order chi connectivity index (χ0) is 33.9. The third-order valence-electron chi connectivity index (χ3n) is 8.41. The molecule has 0 amide bonds. The number of ether oxygens (including phenoxy) is 1. The summed E-state index contributed by atoms with van der Waals surface area (Å²) in [5, 5.41) is 22.5. The smallest absolute Gasteiger partial charge is 0.243 e. The first-order chi connectivity index (χ1) is 22.4. The van der Waals surface area contributed by atoms with Gasteiger partial charge in [-0.3, -0.25) is 9.69 Å². The van der Waals surface area contributed by atoms with E-state index in [-0.39, 0.29) is 57.3 Å². The maximum atomic E-state index is 13.9. The SMILES string of the molecule is COc1c(-c2ccc(S(=O)(=O)N3CCN(Cc4ccccc4)CC3)cc2)oc2c(CC=C(C)C)c(O)c(CC=C(C)C)c(O)c2c1=O. The number of allylic oxidation sites excluding steroid dienone is 4. The number of aromatic hydroxyl groups is 2. The van der Waals surface area contributed by atoms with Crippen molar-refractivity contribution in [1.29, 1.82) is 0 Å². The third kappa shape index (κ3) is 7.15. The van der Waals surface area contributed by atoms with Crippen molar-refractivity contribution in [3.8, 4) is 28.6 Å². The minimum Gasteiger partial charge on any atom is -0.507 e.